The van der Waals surface area contributed by atoms with Gasteiger partial charge in [0.25, 0.3) is 0 Å². The summed E-state index contributed by atoms with van der Waals surface area (Å²) in [5.41, 5.74) is 0. The molecular weight excluding hydrogens is 150 g/mol. The van der Waals surface area contributed by atoms with Gasteiger partial charge in [0.1, 0.15) is 0 Å². The van der Waals surface area contributed by atoms with Gasteiger partial charge >= 0.3 is 5.97 Å². The molecule has 0 saturated carbocycles. The molecule has 0 aromatic rings. The number of isothiocyanates is 1. The van der Waals surface area contributed by atoms with Gasteiger partial charge < -0.3 is 5.11 Å². The van der Waals surface area contributed by atoms with E-state index in [9.17, 15) is 4.79 Å². The molecule has 0 unspecified atom stereocenters. The largest absolute Gasteiger partial charge is 0.478 e. The summed E-state index contributed by atoms with van der Waals surface area (Å²) in [7, 11) is 0. The molecule has 0 spiro atoms. The molecular formula is C6H9NO2S. The molecule has 0 fully saturated rings. The molecule has 0 aliphatic rings. The molecule has 4 heteroatoms. The van der Waals surface area contributed by atoms with Crippen molar-refractivity contribution in [2.24, 2.45) is 4.99 Å². The van der Waals surface area contributed by atoms with Crippen molar-refractivity contribution in [3.8, 4) is 0 Å². The maximum absolute atomic E-state index is 9.25. The normalized spacial score (nSPS) is 6.10. The van der Waals surface area contributed by atoms with Crippen LogP contribution in [0.2, 0.25) is 0 Å². The Balaban J connectivity index is 0. The number of rotatable bonds is 2. The lowest BCUT2D eigenvalue weighted by atomic mass is 10.7. The van der Waals surface area contributed by atoms with Gasteiger partial charge in [0.05, 0.1) is 5.16 Å². The van der Waals surface area contributed by atoms with Crippen molar-refractivity contribution >= 4 is 23.3 Å². The Labute approximate surface area is 65.1 Å². The van der Waals surface area contributed by atoms with Crippen molar-refractivity contribution in [1.82, 2.24) is 0 Å². The van der Waals surface area contributed by atoms with Crippen LogP contribution < -0.4 is 0 Å². The Morgan fingerprint density at radius 2 is 2.40 bits per heavy atom. The van der Waals surface area contributed by atoms with Gasteiger partial charge in [0.15, 0.2) is 0 Å². The number of aliphatic imine (C=N–C) groups is 1. The molecule has 0 saturated heterocycles. The summed E-state index contributed by atoms with van der Waals surface area (Å²) in [4.78, 5) is 12.8. The molecule has 3 nitrogen and oxygen atoms in total. The molecule has 0 atom stereocenters. The average Bonchev–Trinajstić information content (AvgIpc) is 1.91. The van der Waals surface area contributed by atoms with Crippen molar-refractivity contribution in [2.45, 2.75) is 6.92 Å². The minimum Gasteiger partial charge on any atom is -0.478 e. The highest BCUT2D eigenvalue weighted by atomic mass is 32.1. The third-order valence-corrected chi connectivity index (χ3v) is 0.526. The summed E-state index contributed by atoms with van der Waals surface area (Å²) >= 11 is 4.23. The lowest BCUT2D eigenvalue weighted by Crippen LogP contribution is -1.82. The third kappa shape index (κ3) is 27.9. The molecule has 0 radical (unpaired) electrons. The molecule has 1 N–H and O–H groups in total. The highest BCUT2D eigenvalue weighted by Gasteiger charge is 1.73. The van der Waals surface area contributed by atoms with Crippen molar-refractivity contribution in [1.29, 1.82) is 0 Å². The van der Waals surface area contributed by atoms with Crippen LogP contribution >= 0.6 is 12.2 Å². The quantitative estimate of drug-likeness (QED) is 0.376. The van der Waals surface area contributed by atoms with Crippen LogP contribution in [-0.2, 0) is 4.79 Å². The Hall–Kier alpha value is -0.990. The molecule has 0 rings (SSSR count). The topological polar surface area (TPSA) is 49.7 Å². The average molecular weight is 159 g/mol. The van der Waals surface area contributed by atoms with E-state index < -0.39 is 5.97 Å². The van der Waals surface area contributed by atoms with Crippen LogP contribution in [0, 0.1) is 0 Å². The minimum atomic E-state index is -0.981. The monoisotopic (exact) mass is 159 g/mol. The maximum atomic E-state index is 9.25. The van der Waals surface area contributed by atoms with E-state index in [1.165, 1.54) is 0 Å². The van der Waals surface area contributed by atoms with Crippen LogP contribution in [0.4, 0.5) is 0 Å². The Kier molecular flexibility index (Phi) is 12.8. The van der Waals surface area contributed by atoms with E-state index in [0.29, 0.717) is 0 Å². The summed E-state index contributed by atoms with van der Waals surface area (Å²) in [6.45, 7) is 5.63. The van der Waals surface area contributed by atoms with Crippen LogP contribution in [0.15, 0.2) is 17.6 Å². The zero-order chi connectivity index (χ0) is 8.41. The zero-order valence-corrected chi connectivity index (χ0v) is 6.52. The molecule has 0 bridgehead atoms. The van der Waals surface area contributed by atoms with E-state index in [2.05, 4.69) is 29.0 Å². The second-order valence-corrected chi connectivity index (χ2v) is 1.29. The molecule has 56 valence electrons. The molecule has 0 heterocycles. The molecule has 0 amide bonds. The Bertz CT molecular complexity index is 150. The van der Waals surface area contributed by atoms with Crippen molar-refractivity contribution in [3.63, 3.8) is 0 Å². The number of nitrogens with zero attached hydrogens (tertiary/aromatic N) is 1. The maximum Gasteiger partial charge on any atom is 0.327 e. The van der Waals surface area contributed by atoms with Gasteiger partial charge in [0, 0.05) is 12.6 Å². The first-order valence-corrected chi connectivity index (χ1v) is 2.98. The number of aliphatic carboxylic acids is 1. The van der Waals surface area contributed by atoms with E-state index >= 15 is 0 Å². The second-order valence-electron chi connectivity index (χ2n) is 1.11. The first kappa shape index (κ1) is 11.8. The smallest absolute Gasteiger partial charge is 0.327 e. The predicted molar refractivity (Wildman–Crippen MR) is 43.4 cm³/mol. The minimum absolute atomic E-state index is 0.753. The van der Waals surface area contributed by atoms with Gasteiger partial charge in [-0.3, -0.25) is 0 Å². The van der Waals surface area contributed by atoms with Gasteiger partial charge in [-0.05, 0) is 19.1 Å². The fraction of sp³-hybridized carbons (Fsp3) is 0.333. The van der Waals surface area contributed by atoms with E-state index in [0.717, 1.165) is 12.6 Å². The van der Waals surface area contributed by atoms with Crippen LogP contribution in [0.25, 0.3) is 0 Å². The summed E-state index contributed by atoms with van der Waals surface area (Å²) in [6, 6.07) is 0. The van der Waals surface area contributed by atoms with Crippen LogP contribution in [0.1, 0.15) is 6.92 Å². The van der Waals surface area contributed by atoms with Crippen molar-refractivity contribution in [3.05, 3.63) is 12.7 Å². The summed E-state index contributed by atoms with van der Waals surface area (Å²) in [6.07, 6.45) is 0.833. The molecule has 0 aromatic carbocycles. The number of carboxylic acid groups (broad SMARTS) is 1. The van der Waals surface area contributed by atoms with Gasteiger partial charge in [-0.2, -0.15) is 0 Å². The van der Waals surface area contributed by atoms with E-state index in [1.54, 1.807) is 0 Å². The summed E-state index contributed by atoms with van der Waals surface area (Å²) in [5, 5.41) is 9.83. The number of carbonyl (C=O) groups is 1. The third-order valence-electron chi connectivity index (χ3n) is 0.397. The lowest BCUT2D eigenvalue weighted by Gasteiger charge is -1.64. The number of thiocarbonyl (C=S) groups is 1. The molecule has 10 heavy (non-hydrogen) atoms. The number of hydrogen-bond donors (Lipinski definition) is 1. The second kappa shape index (κ2) is 10.9. The van der Waals surface area contributed by atoms with Crippen molar-refractivity contribution in [2.75, 3.05) is 6.54 Å². The van der Waals surface area contributed by atoms with E-state index in [4.69, 9.17) is 5.11 Å². The van der Waals surface area contributed by atoms with E-state index in [1.807, 2.05) is 6.92 Å². The van der Waals surface area contributed by atoms with Gasteiger partial charge in [0.2, 0.25) is 0 Å². The SMILES string of the molecule is C=CC(=O)O.CCN=C=S. The summed E-state index contributed by atoms with van der Waals surface area (Å²) in [5.74, 6) is -0.981. The van der Waals surface area contributed by atoms with Gasteiger partial charge in [-0.1, -0.05) is 6.58 Å². The fourth-order valence-electron chi connectivity index (χ4n) is 0.0645. The Morgan fingerprint density at radius 1 is 2.00 bits per heavy atom. The molecule has 0 aliphatic heterocycles. The van der Waals surface area contributed by atoms with E-state index in [-0.39, 0.29) is 0 Å². The predicted octanol–water partition coefficient (Wildman–Crippen LogP) is 1.37. The van der Waals surface area contributed by atoms with Crippen LogP contribution in [-0.4, -0.2) is 22.8 Å². The lowest BCUT2D eigenvalue weighted by molar-refractivity contribution is -0.131. The first-order chi connectivity index (χ1) is 4.68. The standard InChI is InChI=1S/C3H5NS.C3H4O2/c1-2-4-3-5;1-2-3(4)5/h2H2,1H3;2H,1H2,(H,4,5). The highest BCUT2D eigenvalue weighted by Crippen LogP contribution is 1.55. The number of hydrogen-bond acceptors (Lipinski definition) is 3. The zero-order valence-electron chi connectivity index (χ0n) is 5.70. The van der Waals surface area contributed by atoms with Crippen LogP contribution in [0.5, 0.6) is 0 Å². The Morgan fingerprint density at radius 3 is 2.40 bits per heavy atom. The van der Waals surface area contributed by atoms with Crippen LogP contribution in [0.3, 0.4) is 0 Å². The van der Waals surface area contributed by atoms with Crippen molar-refractivity contribution < 1.29 is 9.90 Å². The number of carboxylic acids is 1. The molecule has 0 aromatic heterocycles. The van der Waals surface area contributed by atoms with Gasteiger partial charge in [-0.15, -0.1) is 0 Å². The first-order valence-electron chi connectivity index (χ1n) is 2.58. The van der Waals surface area contributed by atoms with Gasteiger partial charge in [-0.25, -0.2) is 9.79 Å². The molecule has 0 aliphatic carbocycles. The fourth-order valence-corrected chi connectivity index (χ4v) is 0.194. The highest BCUT2D eigenvalue weighted by molar-refractivity contribution is 7.78. The summed E-state index contributed by atoms with van der Waals surface area (Å²) < 4.78 is 0.